The second kappa shape index (κ2) is 6.06. The summed E-state index contributed by atoms with van der Waals surface area (Å²) in [5.41, 5.74) is 7.53. The predicted molar refractivity (Wildman–Crippen MR) is 77.3 cm³/mol. The molecule has 1 aromatic rings. The fourth-order valence-corrected chi connectivity index (χ4v) is 1.89. The average Bonchev–Trinajstić information content (AvgIpc) is 2.49. The Morgan fingerprint density at radius 2 is 2.10 bits per heavy atom. The number of anilines is 2. The second-order valence-corrected chi connectivity index (χ2v) is 4.39. The molecule has 1 aromatic carbocycles. The summed E-state index contributed by atoms with van der Waals surface area (Å²) in [4.78, 5) is 23.5. The van der Waals surface area contributed by atoms with Crippen molar-refractivity contribution in [2.75, 3.05) is 18.2 Å². The van der Waals surface area contributed by atoms with E-state index in [1.165, 1.54) is 13.2 Å². The molecule has 0 atom stereocenters. The molecule has 1 amide bonds. The van der Waals surface area contributed by atoms with Gasteiger partial charge in [0.15, 0.2) is 0 Å². The van der Waals surface area contributed by atoms with Crippen LogP contribution in [0.15, 0.2) is 42.0 Å². The van der Waals surface area contributed by atoms with Gasteiger partial charge in [-0.1, -0.05) is 18.2 Å². The average molecular weight is 272 g/mol. The van der Waals surface area contributed by atoms with Crippen LogP contribution < -0.4 is 11.1 Å². The Kier molecular flexibility index (Phi) is 4.20. The van der Waals surface area contributed by atoms with Crippen LogP contribution in [0, 0.1) is 0 Å². The SMILES string of the molecule is COC(=O)c1ccc(N)c(NC(=O)C2=CCCC=C2)c1. The number of rotatable bonds is 3. The summed E-state index contributed by atoms with van der Waals surface area (Å²) >= 11 is 0. The van der Waals surface area contributed by atoms with Gasteiger partial charge in [-0.3, -0.25) is 4.79 Å². The molecule has 0 heterocycles. The van der Waals surface area contributed by atoms with Gasteiger partial charge >= 0.3 is 5.97 Å². The zero-order valence-corrected chi connectivity index (χ0v) is 11.2. The second-order valence-electron chi connectivity index (χ2n) is 4.39. The number of nitrogens with one attached hydrogen (secondary N) is 1. The monoisotopic (exact) mass is 272 g/mol. The van der Waals surface area contributed by atoms with Gasteiger partial charge in [-0.2, -0.15) is 0 Å². The van der Waals surface area contributed by atoms with E-state index in [0.29, 0.717) is 22.5 Å². The number of methoxy groups -OCH3 is 1. The molecule has 1 aliphatic carbocycles. The van der Waals surface area contributed by atoms with Crippen LogP contribution in [0.4, 0.5) is 11.4 Å². The molecular formula is C15H16N2O3. The standard InChI is InChI=1S/C15H16N2O3/c1-20-15(19)11-7-8-12(16)13(9-11)17-14(18)10-5-3-2-4-6-10/h3,5-9H,2,4,16H2,1H3,(H,17,18). The molecule has 104 valence electrons. The van der Waals surface area contributed by atoms with Crippen molar-refractivity contribution in [2.24, 2.45) is 0 Å². The summed E-state index contributed by atoms with van der Waals surface area (Å²) < 4.78 is 4.64. The van der Waals surface area contributed by atoms with Crippen LogP contribution in [-0.4, -0.2) is 19.0 Å². The summed E-state index contributed by atoms with van der Waals surface area (Å²) in [5.74, 6) is -0.716. The summed E-state index contributed by atoms with van der Waals surface area (Å²) in [6.07, 6.45) is 7.38. The van der Waals surface area contributed by atoms with Gasteiger partial charge in [0.05, 0.1) is 24.0 Å². The number of nitrogens with two attached hydrogens (primary N) is 1. The minimum Gasteiger partial charge on any atom is -0.465 e. The van der Waals surface area contributed by atoms with Crippen LogP contribution in [0.2, 0.25) is 0 Å². The van der Waals surface area contributed by atoms with E-state index in [2.05, 4.69) is 10.1 Å². The normalized spacial score (nSPS) is 13.6. The maximum Gasteiger partial charge on any atom is 0.337 e. The van der Waals surface area contributed by atoms with E-state index in [9.17, 15) is 9.59 Å². The van der Waals surface area contributed by atoms with E-state index in [1.54, 1.807) is 18.2 Å². The highest BCUT2D eigenvalue weighted by Gasteiger charge is 2.13. The molecule has 5 nitrogen and oxygen atoms in total. The van der Waals surface area contributed by atoms with Crippen molar-refractivity contribution in [1.29, 1.82) is 0 Å². The van der Waals surface area contributed by atoms with Gasteiger partial charge < -0.3 is 15.8 Å². The minimum absolute atomic E-state index is 0.241. The smallest absolute Gasteiger partial charge is 0.337 e. The molecule has 5 heteroatoms. The van der Waals surface area contributed by atoms with Gasteiger partial charge in [0, 0.05) is 5.57 Å². The third-order valence-corrected chi connectivity index (χ3v) is 2.98. The third-order valence-electron chi connectivity index (χ3n) is 2.98. The van der Waals surface area contributed by atoms with E-state index >= 15 is 0 Å². The zero-order valence-electron chi connectivity index (χ0n) is 11.2. The van der Waals surface area contributed by atoms with Crippen LogP contribution in [0.25, 0.3) is 0 Å². The number of esters is 1. The number of ether oxygens (including phenoxy) is 1. The lowest BCUT2D eigenvalue weighted by Gasteiger charge is -2.11. The molecule has 20 heavy (non-hydrogen) atoms. The largest absolute Gasteiger partial charge is 0.465 e. The first-order chi connectivity index (χ1) is 9.61. The van der Waals surface area contributed by atoms with E-state index < -0.39 is 5.97 Å². The van der Waals surface area contributed by atoms with Crippen molar-refractivity contribution in [3.8, 4) is 0 Å². The number of carbonyl (C=O) groups is 2. The molecule has 0 bridgehead atoms. The maximum absolute atomic E-state index is 12.1. The molecule has 2 rings (SSSR count). The van der Waals surface area contributed by atoms with Crippen LogP contribution in [0.3, 0.4) is 0 Å². The number of hydrogen-bond donors (Lipinski definition) is 2. The Hall–Kier alpha value is -2.56. The van der Waals surface area contributed by atoms with Gasteiger partial charge in [-0.25, -0.2) is 4.79 Å². The lowest BCUT2D eigenvalue weighted by atomic mass is 10.1. The van der Waals surface area contributed by atoms with Crippen molar-refractivity contribution in [3.63, 3.8) is 0 Å². The lowest BCUT2D eigenvalue weighted by molar-refractivity contribution is -0.112. The fraction of sp³-hybridized carbons (Fsp3) is 0.200. The summed E-state index contributed by atoms with van der Waals surface area (Å²) in [6.45, 7) is 0. The number of amides is 1. The highest BCUT2D eigenvalue weighted by atomic mass is 16.5. The Labute approximate surface area is 117 Å². The number of benzene rings is 1. The van der Waals surface area contributed by atoms with Gasteiger partial charge in [-0.05, 0) is 31.0 Å². The van der Waals surface area contributed by atoms with Crippen molar-refractivity contribution >= 4 is 23.3 Å². The Morgan fingerprint density at radius 3 is 2.75 bits per heavy atom. The van der Waals surface area contributed by atoms with Crippen LogP contribution in [-0.2, 0) is 9.53 Å². The maximum atomic E-state index is 12.1. The van der Waals surface area contributed by atoms with Gasteiger partial charge in [0.1, 0.15) is 0 Å². The molecule has 0 spiro atoms. The van der Waals surface area contributed by atoms with Crippen molar-refractivity contribution < 1.29 is 14.3 Å². The summed E-state index contributed by atoms with van der Waals surface area (Å²) in [7, 11) is 1.30. The van der Waals surface area contributed by atoms with Gasteiger partial charge in [0.25, 0.3) is 5.91 Å². The molecule has 0 saturated heterocycles. The van der Waals surface area contributed by atoms with Gasteiger partial charge in [0.2, 0.25) is 0 Å². The minimum atomic E-state index is -0.475. The van der Waals surface area contributed by atoms with Crippen LogP contribution in [0.5, 0.6) is 0 Å². The summed E-state index contributed by atoms with van der Waals surface area (Å²) in [5, 5.41) is 2.71. The fourth-order valence-electron chi connectivity index (χ4n) is 1.89. The molecule has 1 aliphatic rings. The van der Waals surface area contributed by atoms with Crippen molar-refractivity contribution in [1.82, 2.24) is 0 Å². The van der Waals surface area contributed by atoms with E-state index in [-0.39, 0.29) is 5.91 Å². The van der Waals surface area contributed by atoms with E-state index in [0.717, 1.165) is 12.8 Å². The quantitative estimate of drug-likeness (QED) is 0.653. The molecule has 3 N–H and O–H groups in total. The predicted octanol–water partition coefficient (Wildman–Crippen LogP) is 2.27. The number of carbonyl (C=O) groups excluding carboxylic acids is 2. The molecule has 0 aliphatic heterocycles. The molecular weight excluding hydrogens is 256 g/mol. The first-order valence-electron chi connectivity index (χ1n) is 6.27. The highest BCUT2D eigenvalue weighted by molar-refractivity contribution is 6.07. The Balaban J connectivity index is 2.20. The highest BCUT2D eigenvalue weighted by Crippen LogP contribution is 2.22. The first-order valence-corrected chi connectivity index (χ1v) is 6.27. The zero-order chi connectivity index (χ0) is 14.5. The molecule has 0 saturated carbocycles. The molecule has 0 radical (unpaired) electrons. The van der Waals surface area contributed by atoms with E-state index in [4.69, 9.17) is 5.73 Å². The third kappa shape index (κ3) is 3.06. The first kappa shape index (κ1) is 13.9. The lowest BCUT2D eigenvalue weighted by Crippen LogP contribution is -2.16. The van der Waals surface area contributed by atoms with Crippen molar-refractivity contribution in [2.45, 2.75) is 12.8 Å². The topological polar surface area (TPSA) is 81.4 Å². The van der Waals surface area contributed by atoms with Crippen LogP contribution in [0.1, 0.15) is 23.2 Å². The molecule has 0 aromatic heterocycles. The number of nitrogen functional groups attached to an aromatic ring is 1. The summed E-state index contributed by atoms with van der Waals surface area (Å²) in [6, 6.07) is 4.62. The Morgan fingerprint density at radius 1 is 1.30 bits per heavy atom. The Bertz CT molecular complexity index is 603. The molecule has 0 fully saturated rings. The molecule has 0 unspecified atom stereocenters. The van der Waals surface area contributed by atoms with Gasteiger partial charge in [-0.15, -0.1) is 0 Å². The van der Waals surface area contributed by atoms with Crippen LogP contribution >= 0.6 is 0 Å². The number of allylic oxidation sites excluding steroid dienone is 2. The van der Waals surface area contributed by atoms with Crippen molar-refractivity contribution in [3.05, 3.63) is 47.6 Å². The van der Waals surface area contributed by atoms with E-state index in [1.807, 2.05) is 12.2 Å². The number of hydrogen-bond acceptors (Lipinski definition) is 4.